The van der Waals surface area contributed by atoms with E-state index in [-0.39, 0.29) is 30.7 Å². The molecule has 170 valence electrons. The van der Waals surface area contributed by atoms with E-state index in [2.05, 4.69) is 5.32 Å². The second-order valence-electron chi connectivity index (χ2n) is 8.32. The Hall–Kier alpha value is -3.88. The molecule has 0 bridgehead atoms. The summed E-state index contributed by atoms with van der Waals surface area (Å²) < 4.78 is 11.1. The number of imide groups is 1. The van der Waals surface area contributed by atoms with Crippen LogP contribution in [0.15, 0.2) is 36.4 Å². The predicted molar refractivity (Wildman–Crippen MR) is 116 cm³/mol. The summed E-state index contributed by atoms with van der Waals surface area (Å²) in [6, 6.07) is 9.85. The number of carbonyl (C=O) groups excluding carboxylic acids is 4. The lowest BCUT2D eigenvalue weighted by atomic mass is 10.0. The van der Waals surface area contributed by atoms with Gasteiger partial charge in [0.1, 0.15) is 24.1 Å². The Morgan fingerprint density at radius 3 is 2.73 bits per heavy atom. The molecule has 3 heterocycles. The molecule has 0 radical (unpaired) electrons. The van der Waals surface area contributed by atoms with Crippen molar-refractivity contribution in [1.82, 2.24) is 15.1 Å². The zero-order chi connectivity index (χ0) is 23.1. The van der Waals surface area contributed by atoms with Crippen molar-refractivity contribution in [2.24, 2.45) is 0 Å². The van der Waals surface area contributed by atoms with E-state index in [1.165, 1.54) is 4.90 Å². The molecular weight excluding hydrogens is 426 g/mol. The second-order valence-corrected chi connectivity index (χ2v) is 8.32. The molecule has 1 atom stereocenters. The number of carbonyl (C=O) groups is 4. The van der Waals surface area contributed by atoms with Gasteiger partial charge in [-0.15, -0.1) is 0 Å². The number of hydrogen-bond donors (Lipinski definition) is 1. The van der Waals surface area contributed by atoms with Crippen LogP contribution in [0.4, 0.5) is 0 Å². The lowest BCUT2D eigenvalue weighted by molar-refractivity contribution is -0.136. The second kappa shape index (κ2) is 8.23. The maximum Gasteiger partial charge on any atom is 0.255 e. The van der Waals surface area contributed by atoms with Crippen LogP contribution in [-0.4, -0.2) is 59.7 Å². The molecule has 2 aromatic rings. The molecule has 9 heteroatoms. The Bertz CT molecular complexity index is 1180. The topological polar surface area (TPSA) is 105 Å². The van der Waals surface area contributed by atoms with Crippen LogP contribution < -0.4 is 14.8 Å². The van der Waals surface area contributed by atoms with E-state index >= 15 is 0 Å². The maximum atomic E-state index is 13.3. The molecule has 4 amide bonds. The van der Waals surface area contributed by atoms with Crippen LogP contribution in [-0.2, 0) is 22.7 Å². The number of amides is 4. The number of benzene rings is 2. The fourth-order valence-electron chi connectivity index (χ4n) is 4.56. The van der Waals surface area contributed by atoms with Crippen LogP contribution in [0, 0.1) is 0 Å². The first-order chi connectivity index (χ1) is 15.9. The first-order valence-electron chi connectivity index (χ1n) is 10.8. The highest BCUT2D eigenvalue weighted by molar-refractivity contribution is 6.06. The first kappa shape index (κ1) is 21.0. The Kier molecular flexibility index (Phi) is 5.24. The van der Waals surface area contributed by atoms with Crippen molar-refractivity contribution in [2.45, 2.75) is 32.0 Å². The van der Waals surface area contributed by atoms with Gasteiger partial charge in [0.15, 0.2) is 0 Å². The number of nitrogens with zero attached hydrogens (tertiary/aromatic N) is 2. The first-order valence-corrected chi connectivity index (χ1v) is 10.8. The molecule has 1 saturated heterocycles. The van der Waals surface area contributed by atoms with Crippen molar-refractivity contribution in [1.29, 1.82) is 0 Å². The van der Waals surface area contributed by atoms with E-state index in [0.717, 1.165) is 11.3 Å². The van der Waals surface area contributed by atoms with E-state index in [1.54, 1.807) is 30.2 Å². The summed E-state index contributed by atoms with van der Waals surface area (Å²) in [6.45, 7) is 1.40. The van der Waals surface area contributed by atoms with Gasteiger partial charge in [0, 0.05) is 36.2 Å². The summed E-state index contributed by atoms with van der Waals surface area (Å²) in [7, 11) is 1.59. The summed E-state index contributed by atoms with van der Waals surface area (Å²) >= 11 is 0. The van der Waals surface area contributed by atoms with Gasteiger partial charge in [0.05, 0.1) is 13.7 Å². The van der Waals surface area contributed by atoms with E-state index in [4.69, 9.17) is 9.47 Å². The summed E-state index contributed by atoms with van der Waals surface area (Å²) in [5, 5.41) is 2.30. The SMILES string of the molecule is COc1ccc2c(c1)CN(C(=O)c1ccc3c(c1)CN(C1CCC(=O)NC1=O)C3=O)CCO2. The highest BCUT2D eigenvalue weighted by Gasteiger charge is 2.39. The van der Waals surface area contributed by atoms with Crippen LogP contribution in [0.25, 0.3) is 0 Å². The van der Waals surface area contributed by atoms with Gasteiger partial charge in [0.2, 0.25) is 11.8 Å². The molecular formula is C24H23N3O6. The number of fused-ring (bicyclic) bond motifs is 2. The van der Waals surface area contributed by atoms with Crippen molar-refractivity contribution in [2.75, 3.05) is 20.3 Å². The predicted octanol–water partition coefficient (Wildman–Crippen LogP) is 1.49. The monoisotopic (exact) mass is 449 g/mol. The molecule has 3 aliphatic heterocycles. The van der Waals surface area contributed by atoms with Crippen LogP contribution in [0.3, 0.4) is 0 Å². The van der Waals surface area contributed by atoms with Crippen LogP contribution in [0.1, 0.15) is 44.7 Å². The molecule has 33 heavy (non-hydrogen) atoms. The quantitative estimate of drug-likeness (QED) is 0.712. The van der Waals surface area contributed by atoms with Crippen LogP contribution in [0.5, 0.6) is 11.5 Å². The number of piperidine rings is 1. The lowest BCUT2D eigenvalue weighted by Crippen LogP contribution is -2.52. The molecule has 9 nitrogen and oxygen atoms in total. The van der Waals surface area contributed by atoms with Crippen molar-refractivity contribution >= 4 is 23.6 Å². The van der Waals surface area contributed by atoms with Gasteiger partial charge in [-0.2, -0.15) is 0 Å². The number of nitrogens with one attached hydrogen (secondary N) is 1. The summed E-state index contributed by atoms with van der Waals surface area (Å²) in [5.74, 6) is 0.213. The minimum atomic E-state index is -0.684. The summed E-state index contributed by atoms with van der Waals surface area (Å²) in [6.07, 6.45) is 0.496. The Morgan fingerprint density at radius 2 is 1.94 bits per heavy atom. The van der Waals surface area contributed by atoms with Gasteiger partial charge in [-0.3, -0.25) is 24.5 Å². The maximum absolute atomic E-state index is 13.3. The minimum absolute atomic E-state index is 0.163. The molecule has 1 fully saturated rings. The van der Waals surface area contributed by atoms with Gasteiger partial charge in [-0.1, -0.05) is 0 Å². The fourth-order valence-corrected chi connectivity index (χ4v) is 4.56. The molecule has 3 aliphatic rings. The van der Waals surface area contributed by atoms with Gasteiger partial charge >= 0.3 is 0 Å². The molecule has 0 aliphatic carbocycles. The molecule has 5 rings (SSSR count). The van der Waals surface area contributed by atoms with Crippen molar-refractivity contribution in [3.8, 4) is 11.5 Å². The third kappa shape index (κ3) is 3.79. The zero-order valence-corrected chi connectivity index (χ0v) is 18.1. The molecule has 0 aromatic heterocycles. The minimum Gasteiger partial charge on any atom is -0.497 e. The number of hydrogen-bond acceptors (Lipinski definition) is 6. The highest BCUT2D eigenvalue weighted by Crippen LogP contribution is 2.30. The third-order valence-corrected chi connectivity index (χ3v) is 6.31. The molecule has 0 spiro atoms. The Labute approximate surface area is 190 Å². The van der Waals surface area contributed by atoms with E-state index in [0.29, 0.717) is 48.6 Å². The standard InChI is InChI=1S/C24H23N3O6/c1-32-17-3-6-20-16(11-17)12-26(8-9-33-20)23(30)14-2-4-18-15(10-14)13-27(24(18)31)19-5-7-21(28)25-22(19)29/h2-4,6,10-11,19H,5,7-9,12-13H2,1H3,(H,25,28,29). The van der Waals surface area contributed by atoms with E-state index in [9.17, 15) is 19.2 Å². The normalized spacial score (nSPS) is 19.9. The van der Waals surface area contributed by atoms with Crippen molar-refractivity contribution < 1.29 is 28.7 Å². The average molecular weight is 449 g/mol. The zero-order valence-electron chi connectivity index (χ0n) is 18.1. The summed E-state index contributed by atoms with van der Waals surface area (Å²) in [4.78, 5) is 53.1. The Morgan fingerprint density at radius 1 is 1.09 bits per heavy atom. The molecule has 0 saturated carbocycles. The number of rotatable bonds is 3. The largest absolute Gasteiger partial charge is 0.497 e. The van der Waals surface area contributed by atoms with Crippen molar-refractivity contribution in [3.63, 3.8) is 0 Å². The average Bonchev–Trinajstić information content (AvgIpc) is 2.99. The summed E-state index contributed by atoms with van der Waals surface area (Å²) in [5.41, 5.74) is 2.51. The van der Waals surface area contributed by atoms with Crippen LogP contribution in [0.2, 0.25) is 0 Å². The van der Waals surface area contributed by atoms with Gasteiger partial charge in [-0.25, -0.2) is 0 Å². The number of methoxy groups -OCH3 is 1. The fraction of sp³-hybridized carbons (Fsp3) is 0.333. The molecule has 1 unspecified atom stereocenters. The molecule has 2 aromatic carbocycles. The molecule has 1 N–H and O–H groups in total. The van der Waals surface area contributed by atoms with E-state index < -0.39 is 11.9 Å². The Balaban J connectivity index is 1.36. The van der Waals surface area contributed by atoms with Crippen molar-refractivity contribution in [3.05, 3.63) is 58.7 Å². The lowest BCUT2D eigenvalue weighted by Gasteiger charge is -2.29. The number of ether oxygens (including phenoxy) is 2. The van der Waals surface area contributed by atoms with Gasteiger partial charge in [0.25, 0.3) is 11.8 Å². The smallest absolute Gasteiger partial charge is 0.255 e. The van der Waals surface area contributed by atoms with E-state index in [1.807, 2.05) is 18.2 Å². The van der Waals surface area contributed by atoms with Gasteiger partial charge < -0.3 is 19.3 Å². The van der Waals surface area contributed by atoms with Gasteiger partial charge in [-0.05, 0) is 48.4 Å². The highest BCUT2D eigenvalue weighted by atomic mass is 16.5. The third-order valence-electron chi connectivity index (χ3n) is 6.31. The van der Waals surface area contributed by atoms with Crippen LogP contribution >= 0.6 is 0 Å².